The van der Waals surface area contributed by atoms with Gasteiger partial charge in [0.1, 0.15) is 0 Å². The van der Waals surface area contributed by atoms with Crippen molar-refractivity contribution in [2.45, 2.75) is 0 Å². The minimum atomic E-state index is -0.444. The molecule has 0 amide bonds. The van der Waals surface area contributed by atoms with E-state index in [0.29, 0.717) is 17.3 Å². The summed E-state index contributed by atoms with van der Waals surface area (Å²) in [5, 5.41) is 15.1. The number of methoxy groups -OCH3 is 1. The molecule has 3 rings (SSSR count). The summed E-state index contributed by atoms with van der Waals surface area (Å²) in [6.45, 7) is 0. The van der Waals surface area contributed by atoms with Crippen molar-refractivity contribution in [3.05, 3.63) is 58.8 Å². The van der Waals surface area contributed by atoms with Crippen LogP contribution in [-0.2, 0) is 0 Å². The Bertz CT molecular complexity index is 818. The van der Waals surface area contributed by atoms with E-state index in [0.717, 1.165) is 5.52 Å². The Morgan fingerprint density at radius 3 is 2.62 bits per heavy atom. The predicted octanol–water partition coefficient (Wildman–Crippen LogP) is 1.80. The number of nitro groups is 1. The van der Waals surface area contributed by atoms with Crippen LogP contribution in [0.25, 0.3) is 16.9 Å². The minimum Gasteiger partial charge on any atom is -0.476 e. The molecule has 0 unspecified atom stereocenters. The van der Waals surface area contributed by atoms with Crippen LogP contribution in [0.5, 0.6) is 5.88 Å². The summed E-state index contributed by atoms with van der Waals surface area (Å²) in [7, 11) is 1.54. The van der Waals surface area contributed by atoms with Gasteiger partial charge in [-0.25, -0.2) is 0 Å². The SMILES string of the molecule is COc1nc(-c2ccc([N+](=O)[O-])cc2)n[n+]2ccccc12. The fourth-order valence-corrected chi connectivity index (χ4v) is 1.97. The second-order valence-corrected chi connectivity index (χ2v) is 4.28. The molecule has 0 aliphatic carbocycles. The van der Waals surface area contributed by atoms with Crippen molar-refractivity contribution in [1.82, 2.24) is 10.1 Å². The highest BCUT2D eigenvalue weighted by molar-refractivity contribution is 5.59. The third-order valence-electron chi connectivity index (χ3n) is 3.00. The first kappa shape index (κ1) is 12.9. The molecular weight excluding hydrogens is 272 g/mol. The number of rotatable bonds is 3. The smallest absolute Gasteiger partial charge is 0.299 e. The number of hydrogen-bond acceptors (Lipinski definition) is 5. The first-order valence-corrected chi connectivity index (χ1v) is 6.16. The molecule has 0 spiro atoms. The van der Waals surface area contributed by atoms with Crippen LogP contribution < -0.4 is 9.25 Å². The van der Waals surface area contributed by atoms with Gasteiger partial charge in [0.25, 0.3) is 17.1 Å². The highest BCUT2D eigenvalue weighted by Gasteiger charge is 2.17. The van der Waals surface area contributed by atoms with Crippen LogP contribution >= 0.6 is 0 Å². The summed E-state index contributed by atoms with van der Waals surface area (Å²) >= 11 is 0. The van der Waals surface area contributed by atoms with Crippen molar-refractivity contribution in [2.75, 3.05) is 7.11 Å². The Kier molecular flexibility index (Phi) is 3.15. The lowest BCUT2D eigenvalue weighted by molar-refractivity contribution is -0.580. The fourth-order valence-electron chi connectivity index (χ4n) is 1.97. The molecule has 7 nitrogen and oxygen atoms in total. The summed E-state index contributed by atoms with van der Waals surface area (Å²) in [6, 6.07) is 11.6. The Hall–Kier alpha value is -3.09. The third-order valence-corrected chi connectivity index (χ3v) is 3.00. The monoisotopic (exact) mass is 283 g/mol. The van der Waals surface area contributed by atoms with Crippen molar-refractivity contribution in [1.29, 1.82) is 0 Å². The highest BCUT2D eigenvalue weighted by Crippen LogP contribution is 2.21. The average molecular weight is 283 g/mol. The standard InChI is InChI=1S/C14H11N4O3/c1-21-14-12-4-2-3-9-17(12)16-13(15-14)10-5-7-11(8-6-10)18(19)20/h2-9H,1H3/q+1. The molecule has 0 saturated heterocycles. The Balaban J connectivity index is 2.13. The van der Waals surface area contributed by atoms with Crippen LogP contribution in [0.3, 0.4) is 0 Å². The van der Waals surface area contributed by atoms with Gasteiger partial charge in [0.05, 0.1) is 12.0 Å². The number of nitro benzene ring substituents is 1. The van der Waals surface area contributed by atoms with Crippen LogP contribution in [0.4, 0.5) is 5.69 Å². The number of nitrogens with zero attached hydrogens (tertiary/aromatic N) is 4. The first-order valence-electron chi connectivity index (χ1n) is 6.16. The third kappa shape index (κ3) is 2.36. The zero-order valence-electron chi connectivity index (χ0n) is 11.1. The number of hydrogen-bond donors (Lipinski definition) is 0. The lowest BCUT2D eigenvalue weighted by Gasteiger charge is -2.01. The van der Waals surface area contributed by atoms with Gasteiger partial charge in [-0.2, -0.15) is 4.98 Å². The van der Waals surface area contributed by atoms with Crippen LogP contribution in [0, 0.1) is 10.1 Å². The second kappa shape index (κ2) is 5.12. The van der Waals surface area contributed by atoms with Crippen LogP contribution in [-0.4, -0.2) is 22.1 Å². The highest BCUT2D eigenvalue weighted by atomic mass is 16.6. The average Bonchev–Trinajstić information content (AvgIpc) is 2.53. The molecule has 21 heavy (non-hydrogen) atoms. The Morgan fingerprint density at radius 1 is 1.19 bits per heavy atom. The van der Waals surface area contributed by atoms with E-state index in [4.69, 9.17) is 4.74 Å². The molecule has 1 aromatic carbocycles. The fraction of sp³-hybridized carbons (Fsp3) is 0.0714. The van der Waals surface area contributed by atoms with E-state index in [9.17, 15) is 10.1 Å². The van der Waals surface area contributed by atoms with Gasteiger partial charge in [-0.3, -0.25) is 10.1 Å². The van der Waals surface area contributed by atoms with Crippen molar-refractivity contribution in [2.24, 2.45) is 0 Å². The van der Waals surface area contributed by atoms with Crippen molar-refractivity contribution in [3.63, 3.8) is 0 Å². The number of pyridine rings is 1. The summed E-state index contributed by atoms with van der Waals surface area (Å²) < 4.78 is 6.93. The number of non-ortho nitro benzene ring substituents is 1. The van der Waals surface area contributed by atoms with E-state index in [1.54, 1.807) is 22.8 Å². The molecule has 0 atom stereocenters. The van der Waals surface area contributed by atoms with E-state index in [2.05, 4.69) is 10.1 Å². The summed E-state index contributed by atoms with van der Waals surface area (Å²) in [5.74, 6) is 0.879. The van der Waals surface area contributed by atoms with E-state index < -0.39 is 4.92 Å². The minimum absolute atomic E-state index is 0.0270. The Labute approximate surface area is 119 Å². The number of benzene rings is 1. The van der Waals surface area contributed by atoms with E-state index in [1.165, 1.54) is 19.2 Å². The van der Waals surface area contributed by atoms with Gasteiger partial charge in [-0.1, -0.05) is 0 Å². The molecule has 0 aliphatic rings. The summed E-state index contributed by atoms with van der Waals surface area (Å²) in [6.07, 6.45) is 1.79. The molecule has 3 aromatic rings. The van der Waals surface area contributed by atoms with E-state index in [-0.39, 0.29) is 5.69 Å². The molecule has 0 saturated carbocycles. The predicted molar refractivity (Wildman–Crippen MR) is 73.8 cm³/mol. The van der Waals surface area contributed by atoms with Gasteiger partial charge in [-0.15, -0.1) is 0 Å². The van der Waals surface area contributed by atoms with Gasteiger partial charge in [-0.05, 0) is 22.7 Å². The van der Waals surface area contributed by atoms with Gasteiger partial charge in [0, 0.05) is 34.9 Å². The van der Waals surface area contributed by atoms with Gasteiger partial charge >= 0.3 is 0 Å². The molecular formula is C14H11N4O3+. The van der Waals surface area contributed by atoms with Gasteiger partial charge < -0.3 is 4.74 Å². The van der Waals surface area contributed by atoms with Crippen molar-refractivity contribution >= 4 is 11.2 Å². The number of ether oxygens (including phenoxy) is 1. The number of fused-ring (bicyclic) bond motifs is 1. The van der Waals surface area contributed by atoms with Gasteiger partial charge in [0.15, 0.2) is 0 Å². The molecule has 0 bridgehead atoms. The molecule has 2 heterocycles. The summed E-state index contributed by atoms with van der Waals surface area (Å²) in [4.78, 5) is 14.6. The lowest BCUT2D eigenvalue weighted by atomic mass is 10.2. The molecule has 7 heteroatoms. The van der Waals surface area contributed by atoms with Crippen LogP contribution in [0.2, 0.25) is 0 Å². The van der Waals surface area contributed by atoms with E-state index in [1.807, 2.05) is 18.2 Å². The maximum Gasteiger partial charge on any atom is 0.299 e. The molecule has 0 radical (unpaired) electrons. The second-order valence-electron chi connectivity index (χ2n) is 4.28. The van der Waals surface area contributed by atoms with Crippen LogP contribution in [0.15, 0.2) is 48.7 Å². The molecule has 0 aliphatic heterocycles. The maximum absolute atomic E-state index is 10.7. The molecule has 0 fully saturated rings. The van der Waals surface area contributed by atoms with Crippen LogP contribution in [0.1, 0.15) is 0 Å². The topological polar surface area (TPSA) is 82.2 Å². The zero-order chi connectivity index (χ0) is 14.8. The maximum atomic E-state index is 10.7. The normalized spacial score (nSPS) is 10.5. The lowest BCUT2D eigenvalue weighted by Crippen LogP contribution is -2.28. The summed E-state index contributed by atoms with van der Waals surface area (Å²) in [5.41, 5.74) is 1.45. The van der Waals surface area contributed by atoms with Crippen molar-refractivity contribution in [3.8, 4) is 17.3 Å². The van der Waals surface area contributed by atoms with Crippen molar-refractivity contribution < 1.29 is 14.2 Å². The quantitative estimate of drug-likeness (QED) is 0.416. The first-order chi connectivity index (χ1) is 10.2. The van der Waals surface area contributed by atoms with E-state index >= 15 is 0 Å². The number of aromatic nitrogens is 3. The molecule has 2 aromatic heterocycles. The molecule has 104 valence electrons. The Morgan fingerprint density at radius 2 is 1.95 bits per heavy atom. The molecule has 0 N–H and O–H groups in total. The largest absolute Gasteiger partial charge is 0.476 e. The zero-order valence-corrected chi connectivity index (χ0v) is 11.1. The van der Waals surface area contributed by atoms with Gasteiger partial charge in [0.2, 0.25) is 12.0 Å².